The molecule has 5 N–H and O–H groups in total. The van der Waals surface area contributed by atoms with Gasteiger partial charge in [0.2, 0.25) is 17.7 Å². The first-order valence-corrected chi connectivity index (χ1v) is 14.7. The Morgan fingerprint density at radius 3 is 2.53 bits per heavy atom. The first kappa shape index (κ1) is 30.2. The van der Waals surface area contributed by atoms with Crippen LogP contribution >= 0.6 is 0 Å². The second kappa shape index (κ2) is 10.8. The molecule has 3 aromatic rings. The summed E-state index contributed by atoms with van der Waals surface area (Å²) in [4.78, 5) is 66.6. The van der Waals surface area contributed by atoms with Crippen molar-refractivity contribution in [3.05, 3.63) is 63.8 Å². The zero-order valence-corrected chi connectivity index (χ0v) is 25.8. The third-order valence-electron chi connectivity index (χ3n) is 9.10. The van der Waals surface area contributed by atoms with Crippen molar-refractivity contribution >= 4 is 34.4 Å². The van der Waals surface area contributed by atoms with Crippen LogP contribution in [0.2, 0.25) is 0 Å². The van der Waals surface area contributed by atoms with E-state index in [-0.39, 0.29) is 35.1 Å². The maximum Gasteiger partial charge on any atom is 0.251 e. The topological polar surface area (TPSA) is 163 Å². The number of carbonyl (C=O) groups is 3. The minimum absolute atomic E-state index is 0.0704. The van der Waals surface area contributed by atoms with Crippen LogP contribution < -0.4 is 21.9 Å². The van der Waals surface area contributed by atoms with Crippen molar-refractivity contribution in [2.75, 3.05) is 11.9 Å². The van der Waals surface area contributed by atoms with Crippen molar-refractivity contribution in [3.63, 3.8) is 0 Å². The number of nitrogens with zero attached hydrogens (tertiary/aromatic N) is 3. The Morgan fingerprint density at radius 2 is 1.88 bits per heavy atom. The molecule has 1 aliphatic heterocycles. The highest BCUT2D eigenvalue weighted by atomic mass is 16.2. The second-order valence-corrected chi connectivity index (χ2v) is 13.7. The molecule has 1 saturated carbocycles. The van der Waals surface area contributed by atoms with Crippen LogP contribution in [-0.2, 0) is 20.8 Å². The third kappa shape index (κ3) is 5.85. The summed E-state index contributed by atoms with van der Waals surface area (Å²) in [6.07, 6.45) is 1.56. The van der Waals surface area contributed by atoms with Crippen molar-refractivity contribution in [1.82, 2.24) is 25.2 Å². The number of nitrogens with one attached hydrogen (secondary N) is 3. The number of nitrogens with two attached hydrogens (primary N) is 1. The molecule has 1 unspecified atom stereocenters. The largest absolute Gasteiger partial charge is 0.368 e. The zero-order chi connectivity index (χ0) is 31.4. The van der Waals surface area contributed by atoms with Gasteiger partial charge in [-0.15, -0.1) is 0 Å². The fraction of sp³-hybridized carbons (Fsp3) is 0.500. The second-order valence-electron chi connectivity index (χ2n) is 13.7. The van der Waals surface area contributed by atoms with Gasteiger partial charge >= 0.3 is 0 Å². The number of pyridine rings is 1. The van der Waals surface area contributed by atoms with Gasteiger partial charge in [0.05, 0.1) is 0 Å². The predicted molar refractivity (Wildman–Crippen MR) is 164 cm³/mol. The van der Waals surface area contributed by atoms with Gasteiger partial charge < -0.3 is 26.3 Å². The molecule has 2 aromatic heterocycles. The minimum Gasteiger partial charge on any atom is -0.368 e. The lowest BCUT2D eigenvalue weighted by Gasteiger charge is -2.38. The molecule has 0 spiro atoms. The molecule has 11 heteroatoms. The molecule has 5 rings (SSSR count). The number of piperidine rings is 1. The molecule has 3 heterocycles. The maximum atomic E-state index is 14.2. The summed E-state index contributed by atoms with van der Waals surface area (Å²) in [6, 6.07) is 6.51. The molecule has 0 radical (unpaired) electrons. The highest BCUT2D eigenvalue weighted by Crippen LogP contribution is 2.65. The average molecular weight is 588 g/mol. The van der Waals surface area contributed by atoms with Gasteiger partial charge in [-0.25, -0.2) is 9.97 Å². The van der Waals surface area contributed by atoms with Crippen LogP contribution in [0.1, 0.15) is 51.6 Å². The van der Waals surface area contributed by atoms with Crippen molar-refractivity contribution in [3.8, 4) is 0 Å². The van der Waals surface area contributed by atoms with Crippen molar-refractivity contribution in [1.29, 1.82) is 0 Å². The molecule has 2 aliphatic rings. The average Bonchev–Trinajstić information content (AvgIpc) is 3.23. The molecule has 1 aliphatic carbocycles. The fourth-order valence-electron chi connectivity index (χ4n) is 6.53. The molecular weight excluding hydrogens is 546 g/mol. The number of aromatic amines is 1. The van der Waals surface area contributed by atoms with Gasteiger partial charge in [-0.2, -0.15) is 0 Å². The number of H-pyrrole nitrogens is 1. The Morgan fingerprint density at radius 1 is 1.16 bits per heavy atom. The summed E-state index contributed by atoms with van der Waals surface area (Å²) in [5.74, 6) is -0.252. The van der Waals surface area contributed by atoms with Crippen molar-refractivity contribution < 1.29 is 14.4 Å². The number of primary amides is 1. The molecule has 228 valence electrons. The van der Waals surface area contributed by atoms with E-state index in [0.29, 0.717) is 29.3 Å². The molecule has 5 atom stereocenters. The number of fused-ring (bicyclic) bond motifs is 2. The Balaban J connectivity index is 1.40. The van der Waals surface area contributed by atoms with Gasteiger partial charge in [-0.1, -0.05) is 46.2 Å². The monoisotopic (exact) mass is 587 g/mol. The third-order valence-corrected chi connectivity index (χ3v) is 9.10. The Kier molecular flexibility index (Phi) is 7.56. The summed E-state index contributed by atoms with van der Waals surface area (Å²) in [5.41, 5.74) is 6.79. The number of anilines is 1. The summed E-state index contributed by atoms with van der Waals surface area (Å²) < 4.78 is 0. The van der Waals surface area contributed by atoms with Crippen LogP contribution in [0.25, 0.3) is 10.9 Å². The summed E-state index contributed by atoms with van der Waals surface area (Å²) in [6.45, 7) is 14.2. The number of carbonyl (C=O) groups excluding carboxylic acids is 3. The molecule has 1 saturated heterocycles. The van der Waals surface area contributed by atoms with Crippen LogP contribution in [0.15, 0.2) is 41.3 Å². The molecule has 2 fully saturated rings. The van der Waals surface area contributed by atoms with Crippen molar-refractivity contribution in [2.45, 2.75) is 73.0 Å². The Hall–Kier alpha value is -4.28. The predicted octanol–water partition coefficient (Wildman–Crippen LogP) is 2.46. The lowest BCUT2D eigenvalue weighted by atomic mass is 9.85. The summed E-state index contributed by atoms with van der Waals surface area (Å²) >= 11 is 0. The van der Waals surface area contributed by atoms with Crippen LogP contribution in [0, 0.1) is 36.5 Å². The number of amides is 3. The molecule has 43 heavy (non-hydrogen) atoms. The molecule has 0 bridgehead atoms. The lowest BCUT2D eigenvalue weighted by Crippen LogP contribution is -2.58. The van der Waals surface area contributed by atoms with Gasteiger partial charge in [0.25, 0.3) is 5.56 Å². The van der Waals surface area contributed by atoms with E-state index >= 15 is 0 Å². The van der Waals surface area contributed by atoms with E-state index in [2.05, 4.69) is 39.4 Å². The van der Waals surface area contributed by atoms with E-state index in [9.17, 15) is 19.2 Å². The highest BCUT2D eigenvalue weighted by molar-refractivity contribution is 5.95. The molecule has 3 amide bonds. The van der Waals surface area contributed by atoms with Gasteiger partial charge in [0.15, 0.2) is 0 Å². The smallest absolute Gasteiger partial charge is 0.251 e. The Labute approximate surface area is 251 Å². The summed E-state index contributed by atoms with van der Waals surface area (Å²) in [5, 5.41) is 6.90. The number of aryl methyl sites for hydroxylation is 2. The van der Waals surface area contributed by atoms with Gasteiger partial charge in [-0.05, 0) is 66.2 Å². The van der Waals surface area contributed by atoms with Gasteiger partial charge in [0, 0.05) is 30.2 Å². The normalized spacial score (nSPS) is 22.0. The van der Waals surface area contributed by atoms with E-state index in [1.165, 1.54) is 0 Å². The highest BCUT2D eigenvalue weighted by Gasteiger charge is 2.69. The van der Waals surface area contributed by atoms with Crippen LogP contribution in [0.3, 0.4) is 0 Å². The van der Waals surface area contributed by atoms with Crippen LogP contribution in [-0.4, -0.2) is 62.2 Å². The van der Waals surface area contributed by atoms with Gasteiger partial charge in [-0.3, -0.25) is 19.2 Å². The Bertz CT molecular complexity index is 1660. The van der Waals surface area contributed by atoms with Crippen LogP contribution in [0.4, 0.5) is 5.82 Å². The van der Waals surface area contributed by atoms with Gasteiger partial charge in [0.1, 0.15) is 29.8 Å². The van der Waals surface area contributed by atoms with E-state index in [4.69, 9.17) is 5.73 Å². The minimum atomic E-state index is -1.13. The fourth-order valence-corrected chi connectivity index (χ4v) is 6.53. The molecule has 1 aromatic carbocycles. The molecule has 11 nitrogen and oxygen atoms in total. The number of hydrogen-bond donors (Lipinski definition) is 4. The number of rotatable bonds is 8. The number of likely N-dealkylation sites (tertiary alicyclic amines) is 1. The maximum absolute atomic E-state index is 14.2. The lowest BCUT2D eigenvalue weighted by molar-refractivity contribution is -0.143. The first-order chi connectivity index (χ1) is 20.1. The number of benzene rings is 1. The SMILES string of the molecule is Cc1ccc2[nH]c(=O)c(CC(NC(=O)[C@@H]3[C@@H]4[C@H](CN3C(=O)[C@@H](Nc3ccnc(C)n3)C(C)(C)C)C4(C)C)C(N)=O)cc2c1. The van der Waals surface area contributed by atoms with Crippen molar-refractivity contribution in [2.24, 2.45) is 28.4 Å². The standard InChI is InChI=1S/C32H41N7O4/c1-16-8-9-21-18(12-16)13-19(28(41)36-21)14-22(27(33)40)37-29(42)25-24-20(32(24,6)7)15-39(25)30(43)26(31(3,4)5)38-23-10-11-34-17(2)35-23/h8-13,20,22,24-26H,14-15H2,1-7H3,(H2,33,40)(H,36,41)(H,37,42)(H,34,35,38)/t20-,22?,24-,25-,26+/m0/s1. The number of hydrogen-bond acceptors (Lipinski definition) is 7. The van der Waals surface area contributed by atoms with Crippen LogP contribution in [0.5, 0.6) is 0 Å². The van der Waals surface area contributed by atoms with E-state index < -0.39 is 35.4 Å². The number of aromatic nitrogens is 3. The zero-order valence-electron chi connectivity index (χ0n) is 25.8. The quantitative estimate of drug-likeness (QED) is 0.315. The first-order valence-electron chi connectivity index (χ1n) is 14.7. The molecular formula is C32H41N7O4. The van der Waals surface area contributed by atoms with E-state index in [1.807, 2.05) is 45.9 Å². The van der Waals surface area contributed by atoms with E-state index in [1.54, 1.807) is 30.2 Å². The van der Waals surface area contributed by atoms with E-state index in [0.717, 1.165) is 10.9 Å². The summed E-state index contributed by atoms with van der Waals surface area (Å²) in [7, 11) is 0.